The molecule has 2 aromatic carbocycles. The predicted octanol–water partition coefficient (Wildman–Crippen LogP) is 1.83. The van der Waals surface area contributed by atoms with E-state index in [9.17, 15) is 9.59 Å². The molecule has 2 amide bonds. The van der Waals surface area contributed by atoms with Crippen molar-refractivity contribution in [3.8, 4) is 5.69 Å². The lowest BCUT2D eigenvalue weighted by Gasteiger charge is -2.18. The molecule has 0 unspecified atom stereocenters. The molecule has 4 rings (SSSR count). The number of amides is 2. The number of nitrogens with zero attached hydrogens (tertiary/aromatic N) is 5. The van der Waals surface area contributed by atoms with Gasteiger partial charge in [-0.3, -0.25) is 9.59 Å². The maximum atomic E-state index is 12.8. The molecule has 1 aliphatic rings. The molecule has 28 heavy (non-hydrogen) atoms. The summed E-state index contributed by atoms with van der Waals surface area (Å²) >= 11 is 0. The van der Waals surface area contributed by atoms with Crippen molar-refractivity contribution in [2.24, 2.45) is 0 Å². The van der Waals surface area contributed by atoms with E-state index in [1.54, 1.807) is 42.3 Å². The van der Waals surface area contributed by atoms with E-state index in [1.807, 2.05) is 18.2 Å². The van der Waals surface area contributed by atoms with Gasteiger partial charge >= 0.3 is 0 Å². The normalized spacial score (nSPS) is 13.2. The van der Waals surface area contributed by atoms with Gasteiger partial charge in [0.05, 0.1) is 5.69 Å². The van der Waals surface area contributed by atoms with E-state index in [0.717, 1.165) is 24.1 Å². The second-order valence-corrected chi connectivity index (χ2v) is 6.91. The molecule has 0 aliphatic heterocycles. The number of hydrogen-bond acceptors (Lipinski definition) is 5. The lowest BCUT2D eigenvalue weighted by molar-refractivity contribution is 0.0784. The third-order valence-corrected chi connectivity index (χ3v) is 4.60. The highest BCUT2D eigenvalue weighted by Gasteiger charge is 2.23. The molecule has 0 radical (unpaired) electrons. The number of nitrogens with one attached hydrogen (secondary N) is 1. The highest BCUT2D eigenvalue weighted by molar-refractivity contribution is 5.95. The SMILES string of the molecule is CN(Cc1ccc(C(=O)NC2CC2)cc1)C(=O)c1cccc(-n2cnnn2)c1. The molecular formula is C20H20N6O2. The van der Waals surface area contributed by atoms with Gasteiger partial charge < -0.3 is 10.2 Å². The Balaban J connectivity index is 1.41. The van der Waals surface area contributed by atoms with E-state index in [0.29, 0.717) is 23.7 Å². The van der Waals surface area contributed by atoms with Gasteiger partial charge in [0.2, 0.25) is 0 Å². The molecule has 1 saturated carbocycles. The van der Waals surface area contributed by atoms with Gasteiger partial charge in [-0.15, -0.1) is 5.10 Å². The third-order valence-electron chi connectivity index (χ3n) is 4.60. The zero-order valence-electron chi connectivity index (χ0n) is 15.4. The molecule has 0 bridgehead atoms. The van der Waals surface area contributed by atoms with E-state index in [1.165, 1.54) is 11.0 Å². The van der Waals surface area contributed by atoms with Crippen LogP contribution in [0.25, 0.3) is 5.69 Å². The Hall–Kier alpha value is -3.55. The summed E-state index contributed by atoms with van der Waals surface area (Å²) in [6, 6.07) is 14.8. The van der Waals surface area contributed by atoms with Gasteiger partial charge in [0.15, 0.2) is 0 Å². The summed E-state index contributed by atoms with van der Waals surface area (Å²) in [5, 5.41) is 14.0. The zero-order chi connectivity index (χ0) is 19.5. The summed E-state index contributed by atoms with van der Waals surface area (Å²) in [5.41, 5.74) is 2.86. The zero-order valence-corrected chi connectivity index (χ0v) is 15.4. The highest BCUT2D eigenvalue weighted by atomic mass is 16.2. The molecule has 0 atom stereocenters. The Morgan fingerprint density at radius 3 is 2.61 bits per heavy atom. The van der Waals surface area contributed by atoms with Crippen molar-refractivity contribution in [2.75, 3.05) is 7.05 Å². The highest BCUT2D eigenvalue weighted by Crippen LogP contribution is 2.19. The lowest BCUT2D eigenvalue weighted by atomic mass is 10.1. The Kier molecular flexibility index (Phi) is 4.84. The second-order valence-electron chi connectivity index (χ2n) is 6.91. The monoisotopic (exact) mass is 376 g/mol. The van der Waals surface area contributed by atoms with Crippen molar-refractivity contribution in [1.29, 1.82) is 0 Å². The minimum absolute atomic E-state index is 0.0436. The molecule has 3 aromatic rings. The van der Waals surface area contributed by atoms with Gasteiger partial charge in [-0.05, 0) is 59.2 Å². The van der Waals surface area contributed by atoms with Gasteiger partial charge in [0, 0.05) is 30.8 Å². The van der Waals surface area contributed by atoms with Crippen molar-refractivity contribution in [3.63, 3.8) is 0 Å². The fourth-order valence-corrected chi connectivity index (χ4v) is 2.89. The largest absolute Gasteiger partial charge is 0.349 e. The van der Waals surface area contributed by atoms with Crippen LogP contribution in [0.1, 0.15) is 39.1 Å². The van der Waals surface area contributed by atoms with E-state index in [4.69, 9.17) is 0 Å². The smallest absolute Gasteiger partial charge is 0.253 e. The average molecular weight is 376 g/mol. The molecule has 1 aromatic heterocycles. The number of carbonyl (C=O) groups is 2. The van der Waals surface area contributed by atoms with Gasteiger partial charge in [-0.1, -0.05) is 18.2 Å². The van der Waals surface area contributed by atoms with Crippen molar-refractivity contribution >= 4 is 11.8 Å². The molecule has 8 heteroatoms. The minimum atomic E-state index is -0.106. The number of tetrazole rings is 1. The number of hydrogen-bond donors (Lipinski definition) is 1. The van der Waals surface area contributed by atoms with Crippen LogP contribution in [0.3, 0.4) is 0 Å². The predicted molar refractivity (Wildman–Crippen MR) is 102 cm³/mol. The van der Waals surface area contributed by atoms with Gasteiger partial charge in [0.25, 0.3) is 11.8 Å². The van der Waals surface area contributed by atoms with Crippen LogP contribution < -0.4 is 5.32 Å². The molecule has 142 valence electrons. The summed E-state index contributed by atoms with van der Waals surface area (Å²) in [4.78, 5) is 26.5. The van der Waals surface area contributed by atoms with Crippen molar-refractivity contribution in [3.05, 3.63) is 71.5 Å². The van der Waals surface area contributed by atoms with E-state index in [2.05, 4.69) is 20.8 Å². The van der Waals surface area contributed by atoms with Crippen LogP contribution in [-0.2, 0) is 6.54 Å². The van der Waals surface area contributed by atoms with Gasteiger partial charge in [0.1, 0.15) is 6.33 Å². The Labute approximate surface area is 162 Å². The summed E-state index contributed by atoms with van der Waals surface area (Å²) in [5.74, 6) is -0.150. The van der Waals surface area contributed by atoms with Crippen LogP contribution in [0.2, 0.25) is 0 Å². The lowest BCUT2D eigenvalue weighted by Crippen LogP contribution is -2.27. The Morgan fingerprint density at radius 2 is 1.93 bits per heavy atom. The molecular weight excluding hydrogens is 356 g/mol. The molecule has 0 spiro atoms. The molecule has 8 nitrogen and oxygen atoms in total. The quantitative estimate of drug-likeness (QED) is 0.708. The van der Waals surface area contributed by atoms with Crippen LogP contribution in [0, 0.1) is 0 Å². The van der Waals surface area contributed by atoms with Crippen molar-refractivity contribution in [2.45, 2.75) is 25.4 Å². The molecule has 1 fully saturated rings. The van der Waals surface area contributed by atoms with Crippen LogP contribution in [0.15, 0.2) is 54.9 Å². The van der Waals surface area contributed by atoms with Crippen LogP contribution in [-0.4, -0.2) is 50.0 Å². The summed E-state index contributed by atoms with van der Waals surface area (Å²) < 4.78 is 1.50. The summed E-state index contributed by atoms with van der Waals surface area (Å²) in [6.45, 7) is 0.443. The third kappa shape index (κ3) is 4.06. The van der Waals surface area contributed by atoms with Crippen LogP contribution >= 0.6 is 0 Å². The van der Waals surface area contributed by atoms with Crippen molar-refractivity contribution in [1.82, 2.24) is 30.4 Å². The van der Waals surface area contributed by atoms with Gasteiger partial charge in [-0.2, -0.15) is 0 Å². The standard InChI is InChI=1S/C20H20N6O2/c1-25(12-14-5-7-15(8-6-14)19(27)22-17-9-10-17)20(28)16-3-2-4-18(11-16)26-13-21-23-24-26/h2-8,11,13,17H,9-10,12H2,1H3,(H,22,27). The number of carbonyl (C=O) groups excluding carboxylic acids is 2. The topological polar surface area (TPSA) is 93.0 Å². The fourth-order valence-electron chi connectivity index (χ4n) is 2.89. The van der Waals surface area contributed by atoms with E-state index in [-0.39, 0.29) is 11.8 Å². The summed E-state index contributed by atoms with van der Waals surface area (Å²) in [7, 11) is 1.75. The first-order valence-corrected chi connectivity index (χ1v) is 9.09. The fraction of sp³-hybridized carbons (Fsp3) is 0.250. The minimum Gasteiger partial charge on any atom is -0.349 e. The van der Waals surface area contributed by atoms with Crippen LogP contribution in [0.5, 0.6) is 0 Å². The van der Waals surface area contributed by atoms with Crippen molar-refractivity contribution < 1.29 is 9.59 Å². The van der Waals surface area contributed by atoms with E-state index >= 15 is 0 Å². The average Bonchev–Trinajstić information content (AvgIpc) is 3.36. The maximum Gasteiger partial charge on any atom is 0.253 e. The van der Waals surface area contributed by atoms with Gasteiger partial charge in [-0.25, -0.2) is 4.68 Å². The molecule has 0 saturated heterocycles. The number of rotatable bonds is 6. The summed E-state index contributed by atoms with van der Waals surface area (Å²) in [6.07, 6.45) is 3.60. The Bertz CT molecular complexity index is 980. The molecule has 1 heterocycles. The second kappa shape index (κ2) is 7.59. The first kappa shape index (κ1) is 17.8. The Morgan fingerprint density at radius 1 is 1.14 bits per heavy atom. The molecule has 1 N–H and O–H groups in total. The maximum absolute atomic E-state index is 12.8. The van der Waals surface area contributed by atoms with Crippen LogP contribution in [0.4, 0.5) is 0 Å². The number of benzene rings is 2. The number of aromatic nitrogens is 4. The molecule has 1 aliphatic carbocycles. The van der Waals surface area contributed by atoms with E-state index < -0.39 is 0 Å². The first-order chi connectivity index (χ1) is 13.6. The first-order valence-electron chi connectivity index (χ1n) is 9.09.